The summed E-state index contributed by atoms with van der Waals surface area (Å²) in [5.74, 6) is -1.03. The zero-order chi connectivity index (χ0) is 24.1. The summed E-state index contributed by atoms with van der Waals surface area (Å²) in [7, 11) is 1.26. The van der Waals surface area contributed by atoms with Gasteiger partial charge in [0.05, 0.1) is 7.11 Å². The number of nitrogens with zero attached hydrogens (tertiary/aromatic N) is 1. The molecule has 0 spiro atoms. The number of carbonyl (C=O) groups excluding carboxylic acids is 3. The molecule has 0 aromatic heterocycles. The normalized spacial score (nSPS) is 17.6. The number of hydrogen-bond donors (Lipinski definition) is 2. The second kappa shape index (κ2) is 11.0. The molecule has 8 nitrogen and oxygen atoms in total. The Kier molecular flexibility index (Phi) is 8.97. The lowest BCUT2D eigenvalue weighted by molar-refractivity contribution is -0.150. The Bertz CT molecular complexity index is 847. The van der Waals surface area contributed by atoms with Gasteiger partial charge in [-0.15, -0.1) is 0 Å². The number of hydrogen-bond acceptors (Lipinski definition) is 6. The molecule has 2 amide bonds. The SMILES string of the molecule is COC(=O)[C@@H]1CCCN(C(=O)[C@H](Cc2cc(Br)cc(C(F)F)c2)NC(=O)OC(C)(C)C)N1. The second-order valence-corrected chi connectivity index (χ2v) is 9.35. The third kappa shape index (κ3) is 7.70. The van der Waals surface area contributed by atoms with Gasteiger partial charge < -0.3 is 14.8 Å². The van der Waals surface area contributed by atoms with Crippen molar-refractivity contribution in [3.05, 3.63) is 33.8 Å². The van der Waals surface area contributed by atoms with Gasteiger partial charge in [0.25, 0.3) is 12.3 Å². The molecule has 11 heteroatoms. The number of hydrazine groups is 1. The van der Waals surface area contributed by atoms with Crippen molar-refractivity contribution in [1.82, 2.24) is 15.8 Å². The number of esters is 1. The largest absolute Gasteiger partial charge is 0.468 e. The second-order valence-electron chi connectivity index (χ2n) is 8.43. The average Bonchev–Trinajstić information content (AvgIpc) is 2.70. The van der Waals surface area contributed by atoms with E-state index in [1.54, 1.807) is 26.8 Å². The van der Waals surface area contributed by atoms with Crippen LogP contribution in [0.4, 0.5) is 13.6 Å². The molecule has 178 valence electrons. The molecule has 1 aliphatic heterocycles. The minimum Gasteiger partial charge on any atom is -0.468 e. The molecule has 0 aliphatic carbocycles. The molecule has 1 aromatic rings. The van der Waals surface area contributed by atoms with E-state index in [0.717, 1.165) is 0 Å². The van der Waals surface area contributed by atoms with Crippen molar-refractivity contribution in [3.63, 3.8) is 0 Å². The number of alkyl carbamates (subject to hydrolysis) is 1. The van der Waals surface area contributed by atoms with Gasteiger partial charge in [-0.1, -0.05) is 15.9 Å². The maximum Gasteiger partial charge on any atom is 0.408 e. The Balaban J connectivity index is 2.26. The van der Waals surface area contributed by atoms with Gasteiger partial charge in [0, 0.05) is 23.0 Å². The number of carbonyl (C=O) groups is 3. The van der Waals surface area contributed by atoms with E-state index in [9.17, 15) is 23.2 Å². The summed E-state index contributed by atoms with van der Waals surface area (Å²) in [6.45, 7) is 5.35. The molecule has 0 radical (unpaired) electrons. The summed E-state index contributed by atoms with van der Waals surface area (Å²) >= 11 is 3.20. The van der Waals surface area contributed by atoms with Crippen molar-refractivity contribution in [2.24, 2.45) is 0 Å². The van der Waals surface area contributed by atoms with Crippen LogP contribution < -0.4 is 10.7 Å². The molecule has 1 heterocycles. The minimum atomic E-state index is -2.69. The number of rotatable bonds is 6. The summed E-state index contributed by atoms with van der Waals surface area (Å²) in [6, 6.07) is 2.36. The van der Waals surface area contributed by atoms with E-state index in [0.29, 0.717) is 29.4 Å². The van der Waals surface area contributed by atoms with Crippen molar-refractivity contribution >= 4 is 33.9 Å². The lowest BCUT2D eigenvalue weighted by Gasteiger charge is -2.35. The Morgan fingerprint density at radius 1 is 1.28 bits per heavy atom. The van der Waals surface area contributed by atoms with Crippen molar-refractivity contribution in [3.8, 4) is 0 Å². The van der Waals surface area contributed by atoms with E-state index in [1.807, 2.05) is 0 Å². The van der Waals surface area contributed by atoms with Crippen molar-refractivity contribution in [1.29, 1.82) is 0 Å². The Morgan fingerprint density at radius 2 is 1.97 bits per heavy atom. The van der Waals surface area contributed by atoms with Crippen molar-refractivity contribution in [2.45, 2.75) is 64.1 Å². The van der Waals surface area contributed by atoms with Crippen molar-refractivity contribution in [2.75, 3.05) is 13.7 Å². The van der Waals surface area contributed by atoms with Crippen molar-refractivity contribution < 1.29 is 32.6 Å². The van der Waals surface area contributed by atoms with Gasteiger partial charge in [-0.05, 0) is 57.4 Å². The van der Waals surface area contributed by atoms with Gasteiger partial charge in [-0.2, -0.15) is 0 Å². The van der Waals surface area contributed by atoms with Crippen LogP contribution in [0.25, 0.3) is 0 Å². The highest BCUT2D eigenvalue weighted by Crippen LogP contribution is 2.25. The number of methoxy groups -OCH3 is 1. The van der Waals surface area contributed by atoms with Crippen LogP contribution in [0.2, 0.25) is 0 Å². The summed E-state index contributed by atoms with van der Waals surface area (Å²) in [6.07, 6.45) is -2.53. The van der Waals surface area contributed by atoms with Gasteiger partial charge in [-0.25, -0.2) is 19.0 Å². The standard InChI is InChI=1S/C21H28BrF2N3O5/c1-21(2,3)32-20(30)25-16(10-12-8-13(17(23)24)11-14(22)9-12)18(28)27-7-5-6-15(26-27)19(29)31-4/h8-9,11,15-17,26H,5-7,10H2,1-4H3,(H,25,30)/t15-,16-/m0/s1. The van der Waals surface area contributed by atoms with E-state index in [-0.39, 0.29) is 12.0 Å². The maximum absolute atomic E-state index is 13.2. The first kappa shape index (κ1) is 26.0. The lowest BCUT2D eigenvalue weighted by Crippen LogP contribution is -2.60. The van der Waals surface area contributed by atoms with E-state index in [4.69, 9.17) is 9.47 Å². The first-order valence-electron chi connectivity index (χ1n) is 10.1. The third-order valence-corrected chi connectivity index (χ3v) is 5.06. The highest BCUT2D eigenvalue weighted by molar-refractivity contribution is 9.10. The fourth-order valence-corrected chi connectivity index (χ4v) is 3.81. The first-order chi connectivity index (χ1) is 14.9. The Hall–Kier alpha value is -2.27. The van der Waals surface area contributed by atoms with Gasteiger partial charge in [0.2, 0.25) is 0 Å². The lowest BCUT2D eigenvalue weighted by atomic mass is 10.0. The molecule has 1 aliphatic rings. The van der Waals surface area contributed by atoms with Gasteiger partial charge >= 0.3 is 12.1 Å². The molecule has 2 atom stereocenters. The number of benzene rings is 1. The van der Waals surface area contributed by atoms with Crippen LogP contribution >= 0.6 is 15.9 Å². The van der Waals surface area contributed by atoms with Crippen LogP contribution in [-0.2, 0) is 25.5 Å². The highest BCUT2D eigenvalue weighted by Gasteiger charge is 2.34. The Labute approximate surface area is 194 Å². The number of amides is 2. The van der Waals surface area contributed by atoms with Gasteiger partial charge in [0.15, 0.2) is 0 Å². The zero-order valence-corrected chi connectivity index (χ0v) is 20.0. The topological polar surface area (TPSA) is 97.0 Å². The number of nitrogens with one attached hydrogen (secondary N) is 2. The van der Waals surface area contributed by atoms with Crippen LogP contribution in [0, 0.1) is 0 Å². The number of alkyl halides is 2. The third-order valence-electron chi connectivity index (χ3n) is 4.60. The molecule has 0 unspecified atom stereocenters. The summed E-state index contributed by atoms with van der Waals surface area (Å²) in [4.78, 5) is 37.5. The van der Waals surface area contributed by atoms with Crippen LogP contribution in [0.1, 0.15) is 51.2 Å². The molecule has 32 heavy (non-hydrogen) atoms. The molecular weight excluding hydrogens is 492 g/mol. The molecule has 1 aromatic carbocycles. The zero-order valence-electron chi connectivity index (χ0n) is 18.4. The molecule has 1 saturated heterocycles. The smallest absolute Gasteiger partial charge is 0.408 e. The van der Waals surface area contributed by atoms with Crippen LogP contribution in [0.15, 0.2) is 22.7 Å². The van der Waals surface area contributed by atoms with Crippen LogP contribution in [0.5, 0.6) is 0 Å². The van der Waals surface area contributed by atoms with E-state index in [1.165, 1.54) is 24.3 Å². The molecular formula is C21H28BrF2N3O5. The summed E-state index contributed by atoms with van der Waals surface area (Å²) in [5.41, 5.74) is 2.24. The number of halogens is 3. The summed E-state index contributed by atoms with van der Waals surface area (Å²) < 4.78 is 36.9. The number of ether oxygens (including phenoxy) is 2. The Morgan fingerprint density at radius 3 is 2.56 bits per heavy atom. The predicted octanol–water partition coefficient (Wildman–Crippen LogP) is 3.49. The van der Waals surface area contributed by atoms with Crippen LogP contribution in [-0.4, -0.2) is 54.3 Å². The molecule has 0 bridgehead atoms. The van der Waals surface area contributed by atoms with Gasteiger partial charge in [-0.3, -0.25) is 14.6 Å². The van der Waals surface area contributed by atoms with Gasteiger partial charge in [0.1, 0.15) is 17.7 Å². The summed E-state index contributed by atoms with van der Waals surface area (Å²) in [5, 5.41) is 3.78. The van der Waals surface area contributed by atoms with E-state index < -0.39 is 42.1 Å². The first-order valence-corrected chi connectivity index (χ1v) is 10.9. The molecule has 2 rings (SSSR count). The molecule has 0 saturated carbocycles. The highest BCUT2D eigenvalue weighted by atomic mass is 79.9. The fraction of sp³-hybridized carbons (Fsp3) is 0.571. The minimum absolute atomic E-state index is 0.0572. The molecule has 2 N–H and O–H groups in total. The van der Waals surface area contributed by atoms with Crippen LogP contribution in [0.3, 0.4) is 0 Å². The maximum atomic E-state index is 13.2. The predicted molar refractivity (Wildman–Crippen MR) is 116 cm³/mol. The van der Waals surface area contributed by atoms with E-state index >= 15 is 0 Å². The molecule has 1 fully saturated rings. The monoisotopic (exact) mass is 519 g/mol. The van der Waals surface area contributed by atoms with E-state index in [2.05, 4.69) is 26.7 Å². The fourth-order valence-electron chi connectivity index (χ4n) is 3.25. The quantitative estimate of drug-likeness (QED) is 0.558. The average molecular weight is 520 g/mol.